The van der Waals surface area contributed by atoms with Gasteiger partial charge in [-0.2, -0.15) is 0 Å². The zero-order chi connectivity index (χ0) is 20.6. The van der Waals surface area contributed by atoms with E-state index in [4.69, 9.17) is 14.2 Å². The maximum absolute atomic E-state index is 12.9. The van der Waals surface area contributed by atoms with Crippen LogP contribution >= 0.6 is 0 Å². The Hall–Kier alpha value is -2.93. The summed E-state index contributed by atoms with van der Waals surface area (Å²) in [5.41, 5.74) is 1.74. The molecule has 0 saturated carbocycles. The summed E-state index contributed by atoms with van der Waals surface area (Å²) in [5, 5.41) is 3.62. The quantitative estimate of drug-likeness (QED) is 0.706. The van der Waals surface area contributed by atoms with E-state index in [-0.39, 0.29) is 6.09 Å². The van der Waals surface area contributed by atoms with Crippen molar-refractivity contribution in [3.05, 3.63) is 48.5 Å². The maximum Gasteiger partial charge on any atom is 0.429 e. The monoisotopic (exact) mass is 399 g/mol. The van der Waals surface area contributed by atoms with E-state index in [1.165, 1.54) is 0 Å². The Morgan fingerprint density at radius 2 is 1.55 bits per heavy atom. The van der Waals surface area contributed by atoms with Gasteiger partial charge in [0.2, 0.25) is 0 Å². The summed E-state index contributed by atoms with van der Waals surface area (Å²) < 4.78 is 16.5. The molecule has 1 amide bonds. The summed E-state index contributed by atoms with van der Waals surface area (Å²) in [4.78, 5) is 15.2. The molecule has 2 aromatic rings. The number of hydrazine groups is 1. The number of nitrogens with zero attached hydrogens (tertiary/aromatic N) is 3. The normalized spacial score (nSPS) is 14.4. The Kier molecular flexibility index (Phi) is 7.19. The van der Waals surface area contributed by atoms with Gasteiger partial charge in [-0.15, -0.1) is 0 Å². The van der Waals surface area contributed by atoms with E-state index in [9.17, 15) is 4.79 Å². The highest BCUT2D eigenvalue weighted by molar-refractivity contribution is 5.88. The number of para-hydroxylation sites is 4. The third kappa shape index (κ3) is 4.74. The molecule has 7 heteroatoms. The number of benzene rings is 2. The second kappa shape index (κ2) is 10.0. The molecule has 0 aliphatic carbocycles. The summed E-state index contributed by atoms with van der Waals surface area (Å²) >= 11 is 0. The Morgan fingerprint density at radius 1 is 0.931 bits per heavy atom. The van der Waals surface area contributed by atoms with Crippen molar-refractivity contribution in [2.45, 2.75) is 13.3 Å². The van der Waals surface area contributed by atoms with Crippen molar-refractivity contribution >= 4 is 17.5 Å². The van der Waals surface area contributed by atoms with Gasteiger partial charge in [-0.25, -0.2) is 14.8 Å². The van der Waals surface area contributed by atoms with E-state index in [1.807, 2.05) is 54.4 Å². The lowest BCUT2D eigenvalue weighted by molar-refractivity contribution is 0.126. The molecule has 29 heavy (non-hydrogen) atoms. The number of rotatable bonds is 7. The van der Waals surface area contributed by atoms with Crippen molar-refractivity contribution in [1.82, 2.24) is 5.01 Å². The lowest BCUT2D eigenvalue weighted by Gasteiger charge is -2.41. The van der Waals surface area contributed by atoms with E-state index in [1.54, 1.807) is 19.2 Å². The van der Waals surface area contributed by atoms with Gasteiger partial charge in [0.1, 0.15) is 17.2 Å². The molecule has 1 saturated heterocycles. The zero-order valence-corrected chi connectivity index (χ0v) is 17.3. The number of ether oxygens (including phenoxy) is 3. The summed E-state index contributed by atoms with van der Waals surface area (Å²) in [5.74, 6) is 1.48. The lowest BCUT2D eigenvalue weighted by Crippen LogP contribution is -2.56. The number of piperazine rings is 1. The van der Waals surface area contributed by atoms with Crippen LogP contribution in [0.3, 0.4) is 0 Å². The number of hydrogen-bond acceptors (Lipinski definition) is 6. The average molecular weight is 399 g/mol. The molecule has 0 radical (unpaired) electrons. The molecule has 3 rings (SSSR count). The zero-order valence-electron chi connectivity index (χ0n) is 17.3. The first-order valence-corrected chi connectivity index (χ1v) is 9.92. The lowest BCUT2D eigenvalue weighted by atomic mass is 10.2. The largest absolute Gasteiger partial charge is 0.495 e. The molecule has 1 heterocycles. The van der Waals surface area contributed by atoms with E-state index >= 15 is 0 Å². The van der Waals surface area contributed by atoms with Crippen LogP contribution in [0.5, 0.6) is 11.5 Å². The van der Waals surface area contributed by atoms with Gasteiger partial charge in [0.05, 0.1) is 26.5 Å². The van der Waals surface area contributed by atoms with Crippen LogP contribution in [0.1, 0.15) is 13.3 Å². The van der Waals surface area contributed by atoms with Crippen molar-refractivity contribution in [1.29, 1.82) is 0 Å². The highest BCUT2D eigenvalue weighted by Gasteiger charge is 2.30. The fraction of sp³-hybridized carbons (Fsp3) is 0.409. The van der Waals surface area contributed by atoms with Crippen LogP contribution in [0.2, 0.25) is 0 Å². The summed E-state index contributed by atoms with van der Waals surface area (Å²) in [6.07, 6.45) is 0.384. The molecule has 0 bridgehead atoms. The van der Waals surface area contributed by atoms with E-state index in [0.29, 0.717) is 31.1 Å². The Morgan fingerprint density at radius 3 is 2.21 bits per heavy atom. The third-order valence-corrected chi connectivity index (χ3v) is 4.88. The van der Waals surface area contributed by atoms with Gasteiger partial charge in [0.25, 0.3) is 0 Å². The third-order valence-electron chi connectivity index (χ3n) is 4.88. The first kappa shape index (κ1) is 20.8. The van der Waals surface area contributed by atoms with Gasteiger partial charge >= 0.3 is 6.09 Å². The predicted octanol–water partition coefficient (Wildman–Crippen LogP) is 3.79. The molecule has 1 aliphatic rings. The number of amides is 1. The summed E-state index contributed by atoms with van der Waals surface area (Å²) in [6, 6.07) is 15.5. The van der Waals surface area contributed by atoms with E-state index < -0.39 is 0 Å². The van der Waals surface area contributed by atoms with Crippen LogP contribution in [-0.2, 0) is 4.74 Å². The van der Waals surface area contributed by atoms with Crippen LogP contribution < -0.4 is 19.4 Å². The second-order valence-corrected chi connectivity index (χ2v) is 6.71. The molecular weight excluding hydrogens is 370 g/mol. The molecule has 1 aliphatic heterocycles. The minimum atomic E-state index is -0.387. The fourth-order valence-corrected chi connectivity index (χ4v) is 3.45. The number of carbonyl (C=O) groups is 1. The van der Waals surface area contributed by atoms with E-state index in [0.717, 1.165) is 30.9 Å². The van der Waals surface area contributed by atoms with E-state index in [2.05, 4.69) is 11.0 Å². The number of anilines is 2. The van der Waals surface area contributed by atoms with Crippen LogP contribution in [0.4, 0.5) is 16.2 Å². The molecule has 0 atom stereocenters. The first-order chi connectivity index (χ1) is 14.2. The van der Waals surface area contributed by atoms with Gasteiger partial charge in [0, 0.05) is 26.2 Å². The summed E-state index contributed by atoms with van der Waals surface area (Å²) in [7, 11) is 3.29. The summed E-state index contributed by atoms with van der Waals surface area (Å²) in [6.45, 7) is 5.20. The maximum atomic E-state index is 12.9. The molecule has 7 nitrogen and oxygen atoms in total. The van der Waals surface area contributed by atoms with Crippen LogP contribution in [0, 0.1) is 0 Å². The molecule has 156 valence electrons. The highest BCUT2D eigenvalue weighted by atomic mass is 16.6. The Balaban J connectivity index is 1.80. The van der Waals surface area contributed by atoms with Crippen LogP contribution in [0.25, 0.3) is 0 Å². The Bertz CT molecular complexity index is 806. The molecule has 0 spiro atoms. The molecule has 2 aromatic carbocycles. The molecule has 0 N–H and O–H groups in total. The van der Waals surface area contributed by atoms with Gasteiger partial charge in [-0.3, -0.25) is 0 Å². The fourth-order valence-electron chi connectivity index (χ4n) is 3.45. The standard InChI is InChI=1S/C22H29N3O4/c1-4-17-29-22(26)25(19-10-6-8-12-21(19)28-3)24-15-13-23(14-16-24)18-9-5-7-11-20(18)27-2/h5-12H,4,13-17H2,1-3H3. The van der Waals surface area contributed by atoms with Crippen molar-refractivity contribution in [2.75, 3.05) is 56.9 Å². The van der Waals surface area contributed by atoms with Crippen molar-refractivity contribution in [3.8, 4) is 11.5 Å². The van der Waals surface area contributed by atoms with Gasteiger partial charge in [-0.05, 0) is 30.7 Å². The topological polar surface area (TPSA) is 54.5 Å². The number of hydrogen-bond donors (Lipinski definition) is 0. The van der Waals surface area contributed by atoms with Crippen LogP contribution in [0.15, 0.2) is 48.5 Å². The van der Waals surface area contributed by atoms with Gasteiger partial charge in [0.15, 0.2) is 0 Å². The predicted molar refractivity (Wildman–Crippen MR) is 114 cm³/mol. The molecule has 0 unspecified atom stereocenters. The minimum absolute atomic E-state index is 0.381. The van der Waals surface area contributed by atoms with Gasteiger partial charge in [-0.1, -0.05) is 31.2 Å². The number of methoxy groups -OCH3 is 2. The van der Waals surface area contributed by atoms with Crippen molar-refractivity contribution in [3.63, 3.8) is 0 Å². The van der Waals surface area contributed by atoms with Crippen LogP contribution in [-0.4, -0.2) is 58.1 Å². The molecule has 0 aromatic heterocycles. The molecular formula is C22H29N3O4. The van der Waals surface area contributed by atoms with Crippen molar-refractivity contribution < 1.29 is 19.0 Å². The molecule has 1 fully saturated rings. The smallest absolute Gasteiger partial charge is 0.429 e. The Labute approximate surface area is 172 Å². The SMILES string of the molecule is CCCOC(=O)N(c1ccccc1OC)N1CCN(c2ccccc2OC)CC1. The first-order valence-electron chi connectivity index (χ1n) is 9.92. The van der Waals surface area contributed by atoms with Gasteiger partial charge < -0.3 is 19.1 Å². The minimum Gasteiger partial charge on any atom is -0.495 e. The highest BCUT2D eigenvalue weighted by Crippen LogP contribution is 2.32. The second-order valence-electron chi connectivity index (χ2n) is 6.71. The average Bonchev–Trinajstić information content (AvgIpc) is 2.78. The van der Waals surface area contributed by atoms with Crippen molar-refractivity contribution in [2.24, 2.45) is 0 Å². The number of carbonyl (C=O) groups excluding carboxylic acids is 1.